The summed E-state index contributed by atoms with van der Waals surface area (Å²) in [5, 5.41) is 28.9. The maximum Gasteiger partial charge on any atom is 0.206 e. The van der Waals surface area contributed by atoms with E-state index in [0.29, 0.717) is 28.0 Å². The molecule has 146 valence electrons. The molecule has 2 heterocycles. The van der Waals surface area contributed by atoms with Crippen molar-refractivity contribution < 1.29 is 0 Å². The molecule has 0 N–H and O–H groups in total. The standard InChI is InChI=1S/C26H12N6/c27-13-18-9-24-22(11-20(18)16-1-5-30-6-2-16)23-12-21(17-3-7-31-8-4-17)19(14-28)10-25(23)26(24)32-15-29/h1-12H. The van der Waals surface area contributed by atoms with Gasteiger partial charge in [0.05, 0.1) is 29.0 Å². The molecule has 0 saturated carbocycles. The molecule has 6 heteroatoms. The Bertz CT molecular complexity index is 1420. The molecular formula is C26H12N6. The maximum atomic E-state index is 9.80. The van der Waals surface area contributed by atoms with Crippen LogP contribution in [0.25, 0.3) is 33.4 Å². The molecule has 1 aliphatic rings. The second kappa shape index (κ2) is 7.61. The molecule has 0 radical (unpaired) electrons. The van der Waals surface area contributed by atoms with Gasteiger partial charge < -0.3 is 0 Å². The third-order valence-electron chi connectivity index (χ3n) is 5.50. The number of nitrogens with zero attached hydrogens (tertiary/aromatic N) is 6. The fourth-order valence-electron chi connectivity index (χ4n) is 4.08. The molecule has 0 fully saturated rings. The lowest BCUT2D eigenvalue weighted by Gasteiger charge is -2.10. The number of aromatic nitrogens is 2. The Balaban J connectivity index is 1.83. The molecule has 0 unspecified atom stereocenters. The van der Waals surface area contributed by atoms with Gasteiger partial charge in [0.2, 0.25) is 6.19 Å². The van der Waals surface area contributed by atoms with Crippen molar-refractivity contribution in [3.63, 3.8) is 0 Å². The number of hydrogen-bond acceptors (Lipinski definition) is 6. The summed E-state index contributed by atoms with van der Waals surface area (Å²) in [7, 11) is 0. The zero-order chi connectivity index (χ0) is 22.1. The minimum Gasteiger partial charge on any atom is -0.265 e. The molecule has 0 bridgehead atoms. The Morgan fingerprint density at radius 3 is 1.38 bits per heavy atom. The molecule has 0 spiro atoms. The van der Waals surface area contributed by atoms with Crippen LogP contribution in [-0.4, -0.2) is 15.7 Å². The molecule has 2 aromatic carbocycles. The number of nitriles is 3. The number of hydrogen-bond donors (Lipinski definition) is 0. The fourth-order valence-corrected chi connectivity index (χ4v) is 4.08. The number of benzene rings is 2. The van der Waals surface area contributed by atoms with Crippen LogP contribution >= 0.6 is 0 Å². The van der Waals surface area contributed by atoms with E-state index in [-0.39, 0.29) is 0 Å². The van der Waals surface area contributed by atoms with Gasteiger partial charge in [-0.05, 0) is 70.8 Å². The molecular weight excluding hydrogens is 396 g/mol. The lowest BCUT2D eigenvalue weighted by Crippen LogP contribution is -2.00. The van der Waals surface area contributed by atoms with Gasteiger partial charge in [-0.2, -0.15) is 20.8 Å². The second-order valence-corrected chi connectivity index (χ2v) is 7.14. The highest BCUT2D eigenvalue weighted by atomic mass is 14.7. The van der Waals surface area contributed by atoms with Crippen LogP contribution in [0.2, 0.25) is 0 Å². The summed E-state index contributed by atoms with van der Waals surface area (Å²) >= 11 is 0. The van der Waals surface area contributed by atoms with Crippen molar-refractivity contribution in [2.45, 2.75) is 0 Å². The van der Waals surface area contributed by atoms with E-state index in [1.807, 2.05) is 42.6 Å². The van der Waals surface area contributed by atoms with Gasteiger partial charge in [-0.15, -0.1) is 0 Å². The zero-order valence-electron chi connectivity index (χ0n) is 16.6. The second-order valence-electron chi connectivity index (χ2n) is 7.14. The van der Waals surface area contributed by atoms with Crippen molar-refractivity contribution in [1.29, 1.82) is 15.8 Å². The Morgan fingerprint density at radius 1 is 0.562 bits per heavy atom. The van der Waals surface area contributed by atoms with E-state index in [1.54, 1.807) is 36.9 Å². The van der Waals surface area contributed by atoms with E-state index < -0.39 is 0 Å². The van der Waals surface area contributed by atoms with Gasteiger partial charge in [0.25, 0.3) is 0 Å². The summed E-state index contributed by atoms with van der Waals surface area (Å²) < 4.78 is 0. The van der Waals surface area contributed by atoms with Gasteiger partial charge in [0.1, 0.15) is 0 Å². The summed E-state index contributed by atoms with van der Waals surface area (Å²) in [5.41, 5.74) is 7.82. The lowest BCUT2D eigenvalue weighted by molar-refractivity contribution is 1.33. The molecule has 1 aliphatic carbocycles. The summed E-state index contributed by atoms with van der Waals surface area (Å²) in [4.78, 5) is 12.2. The summed E-state index contributed by atoms with van der Waals surface area (Å²) in [5.74, 6) is 0. The van der Waals surface area contributed by atoms with E-state index in [1.165, 1.54) is 0 Å². The molecule has 0 aliphatic heterocycles. The predicted molar refractivity (Wildman–Crippen MR) is 119 cm³/mol. The van der Waals surface area contributed by atoms with Gasteiger partial charge in [-0.3, -0.25) is 9.97 Å². The Kier molecular flexibility index (Phi) is 4.49. The van der Waals surface area contributed by atoms with E-state index in [0.717, 1.165) is 33.4 Å². The molecule has 0 amide bonds. The van der Waals surface area contributed by atoms with Crippen LogP contribution < -0.4 is 0 Å². The minimum atomic E-state index is 0.466. The van der Waals surface area contributed by atoms with Crippen molar-refractivity contribution in [3.8, 4) is 51.7 Å². The van der Waals surface area contributed by atoms with Crippen LogP contribution in [0.15, 0.2) is 78.3 Å². The van der Waals surface area contributed by atoms with E-state index in [2.05, 4.69) is 27.1 Å². The van der Waals surface area contributed by atoms with Gasteiger partial charge in [-0.25, -0.2) is 0 Å². The van der Waals surface area contributed by atoms with Crippen LogP contribution in [0.3, 0.4) is 0 Å². The highest BCUT2D eigenvalue weighted by molar-refractivity contribution is 6.26. The predicted octanol–water partition coefficient (Wildman–Crippen LogP) is 4.85. The summed E-state index contributed by atoms with van der Waals surface area (Å²) in [6.07, 6.45) is 8.59. The molecule has 0 atom stereocenters. The maximum absolute atomic E-state index is 9.80. The molecule has 32 heavy (non-hydrogen) atoms. The van der Waals surface area contributed by atoms with Crippen LogP contribution in [0.1, 0.15) is 22.3 Å². The largest absolute Gasteiger partial charge is 0.265 e. The van der Waals surface area contributed by atoms with Crippen molar-refractivity contribution in [3.05, 3.63) is 95.6 Å². The average Bonchev–Trinajstić information content (AvgIpc) is 3.15. The minimum absolute atomic E-state index is 0.466. The van der Waals surface area contributed by atoms with Crippen molar-refractivity contribution in [2.75, 3.05) is 0 Å². The van der Waals surface area contributed by atoms with Crippen molar-refractivity contribution in [1.82, 2.24) is 9.97 Å². The highest BCUT2D eigenvalue weighted by Gasteiger charge is 2.29. The molecule has 6 nitrogen and oxygen atoms in total. The third-order valence-corrected chi connectivity index (χ3v) is 5.50. The molecule has 2 aromatic heterocycles. The quantitative estimate of drug-likeness (QED) is 0.388. The van der Waals surface area contributed by atoms with Gasteiger partial charge in [0.15, 0.2) is 0 Å². The van der Waals surface area contributed by atoms with E-state index in [4.69, 9.17) is 0 Å². The van der Waals surface area contributed by atoms with Gasteiger partial charge >= 0.3 is 0 Å². The molecule has 4 aromatic rings. The highest BCUT2D eigenvalue weighted by Crippen LogP contribution is 2.43. The SMILES string of the molecule is N#CN=C1c2cc(C#N)c(-c3ccncc3)cc2-c2cc(-c3ccncc3)c(C#N)cc21. The molecule has 0 saturated heterocycles. The number of aliphatic imine (C=N–C) groups is 1. The number of rotatable bonds is 2. The summed E-state index contributed by atoms with van der Waals surface area (Å²) in [6.45, 7) is 0. The van der Waals surface area contributed by atoms with Crippen LogP contribution in [0.5, 0.6) is 0 Å². The van der Waals surface area contributed by atoms with E-state index in [9.17, 15) is 15.8 Å². The number of pyridine rings is 2. The Morgan fingerprint density at radius 2 is 1.00 bits per heavy atom. The Labute approximate surface area is 184 Å². The lowest BCUT2D eigenvalue weighted by atomic mass is 9.92. The van der Waals surface area contributed by atoms with Crippen LogP contribution in [0, 0.1) is 34.1 Å². The van der Waals surface area contributed by atoms with E-state index >= 15 is 0 Å². The van der Waals surface area contributed by atoms with Crippen molar-refractivity contribution in [2.24, 2.45) is 4.99 Å². The average molecular weight is 408 g/mol. The zero-order valence-corrected chi connectivity index (χ0v) is 16.6. The first-order chi connectivity index (χ1) is 15.7. The summed E-state index contributed by atoms with van der Waals surface area (Å²) in [6, 6.07) is 19.3. The van der Waals surface area contributed by atoms with Crippen molar-refractivity contribution >= 4 is 5.71 Å². The van der Waals surface area contributed by atoms with Crippen LogP contribution in [0.4, 0.5) is 0 Å². The van der Waals surface area contributed by atoms with Crippen LogP contribution in [-0.2, 0) is 0 Å². The van der Waals surface area contributed by atoms with Gasteiger partial charge in [-0.1, -0.05) is 0 Å². The number of fused-ring (bicyclic) bond motifs is 3. The normalized spacial score (nSPS) is 11.0. The topological polar surface area (TPSA) is 110 Å². The van der Waals surface area contributed by atoms with Gasteiger partial charge in [0, 0.05) is 47.0 Å². The Hall–Kier alpha value is -5.12. The first kappa shape index (κ1) is 18.9. The third kappa shape index (κ3) is 2.91. The fraction of sp³-hybridized carbons (Fsp3) is 0. The smallest absolute Gasteiger partial charge is 0.206 e. The first-order valence-electron chi connectivity index (χ1n) is 9.70. The molecule has 5 rings (SSSR count). The first-order valence-corrected chi connectivity index (χ1v) is 9.70. The monoisotopic (exact) mass is 408 g/mol.